The van der Waals surface area contributed by atoms with Crippen molar-refractivity contribution in [2.75, 3.05) is 39.3 Å². The molecule has 0 spiro atoms. The lowest BCUT2D eigenvalue weighted by molar-refractivity contribution is -0.147. The number of hydrogen-bond donors (Lipinski definition) is 1. The number of carbonyl (C=O) groups excluding carboxylic acids is 1. The van der Waals surface area contributed by atoms with Crippen LogP contribution in [0.25, 0.3) is 0 Å². The molecular formula is C10H20N2O2. The van der Waals surface area contributed by atoms with E-state index in [-0.39, 0.29) is 11.9 Å². The van der Waals surface area contributed by atoms with E-state index < -0.39 is 0 Å². The summed E-state index contributed by atoms with van der Waals surface area (Å²) < 4.78 is 5.11. The maximum atomic E-state index is 11.1. The number of rotatable bonds is 4. The number of nitrogens with zero attached hydrogens (tertiary/aromatic N) is 1. The first kappa shape index (κ1) is 11.5. The third kappa shape index (κ3) is 4.07. The van der Waals surface area contributed by atoms with Crippen molar-refractivity contribution < 1.29 is 9.53 Å². The summed E-state index contributed by atoms with van der Waals surface area (Å²) >= 11 is 0. The van der Waals surface area contributed by atoms with E-state index in [2.05, 4.69) is 10.2 Å². The maximum absolute atomic E-state index is 11.1. The maximum Gasteiger partial charge on any atom is 0.308 e. The summed E-state index contributed by atoms with van der Waals surface area (Å²) in [5.74, 6) is -0.113. The zero-order valence-electron chi connectivity index (χ0n) is 9.08. The molecule has 1 aliphatic heterocycles. The standard InChI is InChI=1S/C10H20N2O2/c1-9(2)10(13)14-8-7-12-5-3-11-4-6-12/h9,11H,3-8H2,1-2H3. The fourth-order valence-electron chi connectivity index (χ4n) is 1.38. The zero-order chi connectivity index (χ0) is 10.4. The molecule has 0 saturated carbocycles. The molecule has 1 rings (SSSR count). The Morgan fingerprint density at radius 3 is 2.64 bits per heavy atom. The van der Waals surface area contributed by atoms with Crippen LogP contribution in [0.4, 0.5) is 0 Å². The smallest absolute Gasteiger partial charge is 0.308 e. The molecule has 1 saturated heterocycles. The van der Waals surface area contributed by atoms with Gasteiger partial charge in [-0.2, -0.15) is 0 Å². The molecule has 82 valence electrons. The minimum atomic E-state index is -0.0971. The molecule has 0 aliphatic carbocycles. The fraction of sp³-hybridized carbons (Fsp3) is 0.900. The summed E-state index contributed by atoms with van der Waals surface area (Å²) in [6.45, 7) is 9.28. The highest BCUT2D eigenvalue weighted by Gasteiger charge is 2.11. The number of hydrogen-bond acceptors (Lipinski definition) is 4. The third-order valence-corrected chi connectivity index (χ3v) is 2.33. The Morgan fingerprint density at radius 2 is 2.07 bits per heavy atom. The van der Waals surface area contributed by atoms with E-state index in [1.807, 2.05) is 13.8 Å². The van der Waals surface area contributed by atoms with Gasteiger partial charge in [0, 0.05) is 32.7 Å². The normalized spacial score (nSPS) is 18.5. The molecule has 4 heteroatoms. The van der Waals surface area contributed by atoms with Gasteiger partial charge in [0.05, 0.1) is 5.92 Å². The van der Waals surface area contributed by atoms with Crippen LogP contribution in [-0.4, -0.2) is 50.2 Å². The largest absolute Gasteiger partial charge is 0.464 e. The first-order valence-corrected chi connectivity index (χ1v) is 5.30. The van der Waals surface area contributed by atoms with Gasteiger partial charge in [-0.15, -0.1) is 0 Å². The number of esters is 1. The van der Waals surface area contributed by atoms with E-state index in [0.717, 1.165) is 32.7 Å². The molecule has 0 amide bonds. The van der Waals surface area contributed by atoms with Crippen molar-refractivity contribution in [3.05, 3.63) is 0 Å². The summed E-state index contributed by atoms with van der Waals surface area (Å²) in [6.07, 6.45) is 0. The predicted octanol–water partition coefficient (Wildman–Crippen LogP) is 0.0908. The minimum Gasteiger partial charge on any atom is -0.464 e. The van der Waals surface area contributed by atoms with E-state index in [1.54, 1.807) is 0 Å². The average molecular weight is 200 g/mol. The third-order valence-electron chi connectivity index (χ3n) is 2.33. The molecule has 1 fully saturated rings. The topological polar surface area (TPSA) is 41.6 Å². The Balaban J connectivity index is 2.05. The van der Waals surface area contributed by atoms with Crippen LogP contribution >= 0.6 is 0 Å². The molecule has 14 heavy (non-hydrogen) atoms. The lowest BCUT2D eigenvalue weighted by atomic mass is 10.2. The number of piperazine rings is 1. The van der Waals surface area contributed by atoms with Crippen molar-refractivity contribution >= 4 is 5.97 Å². The predicted molar refractivity (Wildman–Crippen MR) is 55.1 cm³/mol. The van der Waals surface area contributed by atoms with Gasteiger partial charge >= 0.3 is 5.97 Å². The zero-order valence-corrected chi connectivity index (χ0v) is 9.08. The van der Waals surface area contributed by atoms with Crippen molar-refractivity contribution in [1.29, 1.82) is 0 Å². The lowest BCUT2D eigenvalue weighted by Gasteiger charge is -2.26. The van der Waals surface area contributed by atoms with Gasteiger partial charge in [0.15, 0.2) is 0 Å². The van der Waals surface area contributed by atoms with Crippen LogP contribution in [0.5, 0.6) is 0 Å². The van der Waals surface area contributed by atoms with Gasteiger partial charge in [0.2, 0.25) is 0 Å². The monoisotopic (exact) mass is 200 g/mol. The fourth-order valence-corrected chi connectivity index (χ4v) is 1.38. The van der Waals surface area contributed by atoms with E-state index in [4.69, 9.17) is 4.74 Å². The number of nitrogens with one attached hydrogen (secondary N) is 1. The van der Waals surface area contributed by atoms with Gasteiger partial charge in [-0.3, -0.25) is 9.69 Å². The van der Waals surface area contributed by atoms with E-state index in [9.17, 15) is 4.79 Å². The van der Waals surface area contributed by atoms with Gasteiger partial charge in [0.25, 0.3) is 0 Å². The SMILES string of the molecule is CC(C)C(=O)OCCN1CCNCC1. The van der Waals surface area contributed by atoms with Crippen molar-refractivity contribution in [2.24, 2.45) is 5.92 Å². The van der Waals surface area contributed by atoms with Gasteiger partial charge < -0.3 is 10.1 Å². The van der Waals surface area contributed by atoms with Crippen LogP contribution in [0, 0.1) is 5.92 Å². The van der Waals surface area contributed by atoms with Crippen LogP contribution in [0.1, 0.15) is 13.8 Å². The van der Waals surface area contributed by atoms with E-state index >= 15 is 0 Å². The second kappa shape index (κ2) is 5.98. The van der Waals surface area contributed by atoms with Crippen molar-refractivity contribution in [1.82, 2.24) is 10.2 Å². The summed E-state index contributed by atoms with van der Waals surface area (Å²) in [4.78, 5) is 13.4. The van der Waals surface area contributed by atoms with E-state index in [1.165, 1.54) is 0 Å². The van der Waals surface area contributed by atoms with Crippen LogP contribution in [0.2, 0.25) is 0 Å². The first-order valence-electron chi connectivity index (χ1n) is 5.30. The van der Waals surface area contributed by atoms with E-state index in [0.29, 0.717) is 6.61 Å². The Hall–Kier alpha value is -0.610. The molecule has 0 aromatic carbocycles. The molecule has 4 nitrogen and oxygen atoms in total. The van der Waals surface area contributed by atoms with Crippen molar-refractivity contribution in [3.63, 3.8) is 0 Å². The summed E-state index contributed by atoms with van der Waals surface area (Å²) in [5.41, 5.74) is 0. The van der Waals surface area contributed by atoms with Crippen molar-refractivity contribution in [3.8, 4) is 0 Å². The molecule has 0 aromatic heterocycles. The summed E-state index contributed by atoms with van der Waals surface area (Å²) in [7, 11) is 0. The molecular weight excluding hydrogens is 180 g/mol. The second-order valence-corrected chi connectivity index (χ2v) is 3.91. The average Bonchev–Trinajstić information content (AvgIpc) is 2.19. The minimum absolute atomic E-state index is 0.0157. The van der Waals surface area contributed by atoms with Gasteiger partial charge in [0.1, 0.15) is 6.61 Å². The molecule has 1 heterocycles. The van der Waals surface area contributed by atoms with Crippen molar-refractivity contribution in [2.45, 2.75) is 13.8 Å². The molecule has 0 radical (unpaired) electrons. The highest BCUT2D eigenvalue weighted by atomic mass is 16.5. The quantitative estimate of drug-likeness (QED) is 0.653. The molecule has 1 aliphatic rings. The van der Waals surface area contributed by atoms with Crippen LogP contribution in [-0.2, 0) is 9.53 Å². The van der Waals surface area contributed by atoms with Gasteiger partial charge in [-0.05, 0) is 0 Å². The number of carbonyl (C=O) groups is 1. The van der Waals surface area contributed by atoms with Crippen LogP contribution < -0.4 is 5.32 Å². The Bertz CT molecular complexity index is 177. The van der Waals surface area contributed by atoms with Gasteiger partial charge in [-0.25, -0.2) is 0 Å². The number of ether oxygens (including phenoxy) is 1. The van der Waals surface area contributed by atoms with Crippen LogP contribution in [0.3, 0.4) is 0 Å². The molecule has 0 bridgehead atoms. The molecule has 1 N–H and O–H groups in total. The highest BCUT2D eigenvalue weighted by Crippen LogP contribution is 1.97. The molecule has 0 unspecified atom stereocenters. The highest BCUT2D eigenvalue weighted by molar-refractivity contribution is 5.71. The van der Waals surface area contributed by atoms with Crippen LogP contribution in [0.15, 0.2) is 0 Å². The Kier molecular flexibility index (Phi) is 4.90. The summed E-state index contributed by atoms with van der Waals surface area (Å²) in [6, 6.07) is 0. The molecule has 0 aromatic rings. The first-order chi connectivity index (χ1) is 6.70. The van der Waals surface area contributed by atoms with Gasteiger partial charge in [-0.1, -0.05) is 13.8 Å². The molecule has 0 atom stereocenters. The second-order valence-electron chi connectivity index (χ2n) is 3.91. The lowest BCUT2D eigenvalue weighted by Crippen LogP contribution is -2.44. The Labute approximate surface area is 85.6 Å². The summed E-state index contributed by atoms with van der Waals surface area (Å²) in [5, 5.41) is 3.28. The Morgan fingerprint density at radius 1 is 1.43 bits per heavy atom.